The fraction of sp³-hybridized carbons (Fsp3) is 0.200. The molecule has 0 unspecified atom stereocenters. The van der Waals surface area contributed by atoms with Gasteiger partial charge in [-0.15, -0.1) is 5.10 Å². The number of rotatable bonds is 2. The molecule has 0 aliphatic rings. The molecule has 4 nitrogen and oxygen atoms in total. The number of aryl methyl sites for hydroxylation is 1. The van der Waals surface area contributed by atoms with Crippen molar-refractivity contribution < 1.29 is 5.11 Å². The van der Waals surface area contributed by atoms with Gasteiger partial charge < -0.3 is 5.11 Å². The molecule has 14 heavy (non-hydrogen) atoms. The van der Waals surface area contributed by atoms with Crippen LogP contribution in [-0.4, -0.2) is 20.1 Å². The molecule has 0 radical (unpaired) electrons. The van der Waals surface area contributed by atoms with E-state index < -0.39 is 0 Å². The molecule has 0 fully saturated rings. The SMILES string of the molecule is Cc1cn(Cc2cccc(O)c2)nn1. The Morgan fingerprint density at radius 3 is 2.93 bits per heavy atom. The van der Waals surface area contributed by atoms with Gasteiger partial charge in [-0.05, 0) is 24.6 Å². The van der Waals surface area contributed by atoms with Crippen LogP contribution in [0, 0.1) is 6.92 Å². The Balaban J connectivity index is 2.18. The molecule has 0 saturated carbocycles. The maximum Gasteiger partial charge on any atom is 0.115 e. The number of aromatic nitrogens is 3. The number of phenolic OH excluding ortho intramolecular Hbond substituents is 1. The second-order valence-electron chi connectivity index (χ2n) is 3.23. The van der Waals surface area contributed by atoms with Crippen molar-refractivity contribution in [3.63, 3.8) is 0 Å². The lowest BCUT2D eigenvalue weighted by Gasteiger charge is -2.00. The number of aromatic hydroxyl groups is 1. The van der Waals surface area contributed by atoms with Crippen LogP contribution < -0.4 is 0 Å². The van der Waals surface area contributed by atoms with Gasteiger partial charge in [0.1, 0.15) is 5.75 Å². The van der Waals surface area contributed by atoms with Crippen LogP contribution in [0.25, 0.3) is 0 Å². The smallest absolute Gasteiger partial charge is 0.115 e. The Morgan fingerprint density at radius 1 is 1.43 bits per heavy atom. The van der Waals surface area contributed by atoms with E-state index in [1.165, 1.54) is 0 Å². The zero-order valence-corrected chi connectivity index (χ0v) is 7.88. The normalized spacial score (nSPS) is 10.4. The van der Waals surface area contributed by atoms with Crippen LogP contribution >= 0.6 is 0 Å². The Kier molecular flexibility index (Phi) is 2.18. The molecule has 0 atom stereocenters. The van der Waals surface area contributed by atoms with Gasteiger partial charge in [-0.25, -0.2) is 4.68 Å². The molecule has 1 aromatic carbocycles. The van der Waals surface area contributed by atoms with Crippen molar-refractivity contribution in [1.29, 1.82) is 0 Å². The summed E-state index contributed by atoms with van der Waals surface area (Å²) >= 11 is 0. The van der Waals surface area contributed by atoms with Crippen LogP contribution in [0.1, 0.15) is 11.3 Å². The van der Waals surface area contributed by atoms with Crippen molar-refractivity contribution in [3.8, 4) is 5.75 Å². The van der Waals surface area contributed by atoms with E-state index in [2.05, 4.69) is 10.3 Å². The molecule has 2 rings (SSSR count). The van der Waals surface area contributed by atoms with Gasteiger partial charge in [0.05, 0.1) is 12.2 Å². The van der Waals surface area contributed by atoms with Crippen molar-refractivity contribution in [3.05, 3.63) is 41.7 Å². The molecule has 0 saturated heterocycles. The highest BCUT2D eigenvalue weighted by molar-refractivity contribution is 5.27. The summed E-state index contributed by atoms with van der Waals surface area (Å²) in [7, 11) is 0. The zero-order chi connectivity index (χ0) is 9.97. The van der Waals surface area contributed by atoms with E-state index in [0.29, 0.717) is 6.54 Å². The molecular formula is C10H11N3O. The summed E-state index contributed by atoms with van der Waals surface area (Å²) in [6.45, 7) is 2.53. The molecule has 2 aromatic rings. The second kappa shape index (κ2) is 3.49. The largest absolute Gasteiger partial charge is 0.508 e. The summed E-state index contributed by atoms with van der Waals surface area (Å²) in [5, 5.41) is 17.1. The van der Waals surface area contributed by atoms with Crippen LogP contribution in [0.5, 0.6) is 5.75 Å². The third-order valence-electron chi connectivity index (χ3n) is 1.91. The third kappa shape index (κ3) is 1.90. The first-order valence-electron chi connectivity index (χ1n) is 4.39. The summed E-state index contributed by atoms with van der Waals surface area (Å²) in [6.07, 6.45) is 1.87. The van der Waals surface area contributed by atoms with E-state index in [1.807, 2.05) is 25.3 Å². The number of nitrogens with zero attached hydrogens (tertiary/aromatic N) is 3. The Morgan fingerprint density at radius 2 is 2.29 bits per heavy atom. The van der Waals surface area contributed by atoms with Crippen LogP contribution in [0.3, 0.4) is 0 Å². The van der Waals surface area contributed by atoms with Gasteiger partial charge in [-0.1, -0.05) is 17.3 Å². The number of phenols is 1. The number of benzene rings is 1. The molecule has 0 aliphatic carbocycles. The van der Waals surface area contributed by atoms with E-state index in [9.17, 15) is 5.11 Å². The highest BCUT2D eigenvalue weighted by atomic mass is 16.3. The Hall–Kier alpha value is -1.84. The first-order chi connectivity index (χ1) is 6.74. The van der Waals surface area contributed by atoms with E-state index in [-0.39, 0.29) is 5.75 Å². The van der Waals surface area contributed by atoms with Crippen molar-refractivity contribution >= 4 is 0 Å². The molecule has 0 amide bonds. The minimum atomic E-state index is 0.277. The minimum absolute atomic E-state index is 0.277. The topological polar surface area (TPSA) is 50.9 Å². The van der Waals surface area contributed by atoms with E-state index in [0.717, 1.165) is 11.3 Å². The van der Waals surface area contributed by atoms with Gasteiger partial charge in [0.2, 0.25) is 0 Å². The number of hydrogen-bond acceptors (Lipinski definition) is 3. The summed E-state index contributed by atoms with van der Waals surface area (Å²) < 4.78 is 1.74. The first-order valence-corrected chi connectivity index (χ1v) is 4.39. The fourth-order valence-corrected chi connectivity index (χ4v) is 1.31. The average molecular weight is 189 g/mol. The summed E-state index contributed by atoms with van der Waals surface area (Å²) in [5.41, 5.74) is 1.90. The maximum atomic E-state index is 9.25. The van der Waals surface area contributed by atoms with Crippen molar-refractivity contribution in [2.24, 2.45) is 0 Å². The van der Waals surface area contributed by atoms with Gasteiger partial charge in [0.15, 0.2) is 0 Å². The molecule has 72 valence electrons. The van der Waals surface area contributed by atoms with Crippen LogP contribution in [0.2, 0.25) is 0 Å². The summed E-state index contributed by atoms with van der Waals surface area (Å²) in [4.78, 5) is 0. The molecule has 1 aromatic heterocycles. The number of hydrogen-bond donors (Lipinski definition) is 1. The molecule has 1 heterocycles. The first kappa shape index (κ1) is 8.74. The Bertz CT molecular complexity index is 436. The predicted octanol–water partition coefficient (Wildman–Crippen LogP) is 1.34. The summed E-state index contributed by atoms with van der Waals surface area (Å²) in [5.74, 6) is 0.277. The van der Waals surface area contributed by atoms with Crippen LogP contribution in [0.4, 0.5) is 0 Å². The maximum absolute atomic E-state index is 9.25. The van der Waals surface area contributed by atoms with Gasteiger partial charge >= 0.3 is 0 Å². The molecule has 4 heteroatoms. The monoisotopic (exact) mass is 189 g/mol. The highest BCUT2D eigenvalue weighted by Crippen LogP contribution is 2.11. The second-order valence-corrected chi connectivity index (χ2v) is 3.23. The quantitative estimate of drug-likeness (QED) is 0.775. The average Bonchev–Trinajstić information content (AvgIpc) is 2.51. The van der Waals surface area contributed by atoms with Gasteiger partial charge in [-0.3, -0.25) is 0 Å². The lowest BCUT2D eigenvalue weighted by atomic mass is 10.2. The van der Waals surface area contributed by atoms with Gasteiger partial charge in [-0.2, -0.15) is 0 Å². The van der Waals surface area contributed by atoms with Gasteiger partial charge in [0.25, 0.3) is 0 Å². The fourth-order valence-electron chi connectivity index (χ4n) is 1.31. The van der Waals surface area contributed by atoms with E-state index in [4.69, 9.17) is 0 Å². The third-order valence-corrected chi connectivity index (χ3v) is 1.91. The molecule has 1 N–H and O–H groups in total. The molecular weight excluding hydrogens is 178 g/mol. The zero-order valence-electron chi connectivity index (χ0n) is 7.88. The molecule has 0 aliphatic heterocycles. The summed E-state index contributed by atoms with van der Waals surface area (Å²) in [6, 6.07) is 7.12. The standard InChI is InChI=1S/C10H11N3O/c1-8-6-13(12-11-8)7-9-3-2-4-10(14)5-9/h2-6,14H,7H2,1H3. The van der Waals surface area contributed by atoms with Crippen LogP contribution in [-0.2, 0) is 6.54 Å². The Labute approximate surface area is 81.8 Å². The van der Waals surface area contributed by atoms with E-state index >= 15 is 0 Å². The van der Waals surface area contributed by atoms with E-state index in [1.54, 1.807) is 16.8 Å². The lowest BCUT2D eigenvalue weighted by molar-refractivity contribution is 0.474. The minimum Gasteiger partial charge on any atom is -0.508 e. The molecule has 0 spiro atoms. The molecule has 0 bridgehead atoms. The van der Waals surface area contributed by atoms with Crippen LogP contribution in [0.15, 0.2) is 30.5 Å². The van der Waals surface area contributed by atoms with Gasteiger partial charge in [0, 0.05) is 6.20 Å². The van der Waals surface area contributed by atoms with Crippen molar-refractivity contribution in [1.82, 2.24) is 15.0 Å². The van der Waals surface area contributed by atoms with Crippen molar-refractivity contribution in [2.45, 2.75) is 13.5 Å². The van der Waals surface area contributed by atoms with Crippen molar-refractivity contribution in [2.75, 3.05) is 0 Å². The predicted molar refractivity (Wildman–Crippen MR) is 52.0 cm³/mol. The lowest BCUT2D eigenvalue weighted by Crippen LogP contribution is -1.99. The highest BCUT2D eigenvalue weighted by Gasteiger charge is 1.98.